The summed E-state index contributed by atoms with van der Waals surface area (Å²) >= 11 is 0. The fraction of sp³-hybridized carbons (Fsp3) is 0.467. The fourth-order valence-corrected chi connectivity index (χ4v) is 3.11. The van der Waals surface area contributed by atoms with Crippen LogP contribution in [-0.4, -0.2) is 34.0 Å². The third-order valence-corrected chi connectivity index (χ3v) is 4.24. The molecule has 1 saturated heterocycles. The number of β-amino-alcohol motifs (C(OH)–C–C–N with tert-alkyl or cyclic N) is 1. The molecular formula is C15H18N2O3. The molecule has 106 valence electrons. The van der Waals surface area contributed by atoms with Crippen LogP contribution in [0.4, 0.5) is 4.79 Å². The van der Waals surface area contributed by atoms with Crippen LogP contribution in [0.2, 0.25) is 0 Å². The van der Waals surface area contributed by atoms with E-state index in [1.54, 1.807) is 12.1 Å². The maximum Gasteiger partial charge on any atom is 0.325 e. The van der Waals surface area contributed by atoms with E-state index in [1.165, 1.54) is 0 Å². The average molecular weight is 274 g/mol. The summed E-state index contributed by atoms with van der Waals surface area (Å²) in [5.74, 6) is -0.185. The highest BCUT2D eigenvalue weighted by molar-refractivity contribution is 6.07. The molecule has 3 amide bonds. The van der Waals surface area contributed by atoms with Gasteiger partial charge in [-0.15, -0.1) is 0 Å². The van der Waals surface area contributed by atoms with E-state index < -0.39 is 11.6 Å². The molecule has 1 aliphatic heterocycles. The van der Waals surface area contributed by atoms with Crippen LogP contribution in [0.3, 0.4) is 0 Å². The quantitative estimate of drug-likeness (QED) is 0.822. The first-order valence-corrected chi connectivity index (χ1v) is 6.99. The van der Waals surface area contributed by atoms with Crippen LogP contribution in [0, 0.1) is 0 Å². The monoisotopic (exact) mass is 274 g/mol. The molecular weight excluding hydrogens is 256 g/mol. The van der Waals surface area contributed by atoms with Crippen molar-refractivity contribution in [2.24, 2.45) is 0 Å². The van der Waals surface area contributed by atoms with Crippen molar-refractivity contribution >= 4 is 11.9 Å². The lowest BCUT2D eigenvalue weighted by Gasteiger charge is -2.21. The van der Waals surface area contributed by atoms with Gasteiger partial charge in [0.1, 0.15) is 5.54 Å². The summed E-state index contributed by atoms with van der Waals surface area (Å²) in [6.45, 7) is 0.0103. The molecule has 5 nitrogen and oxygen atoms in total. The molecule has 1 atom stereocenters. The number of urea groups is 1. The SMILES string of the molecule is O=C1NC2(CCCC2)C(=O)N1CC(O)c1ccccc1. The summed E-state index contributed by atoms with van der Waals surface area (Å²) in [5, 5.41) is 13.0. The van der Waals surface area contributed by atoms with Crippen molar-refractivity contribution in [3.63, 3.8) is 0 Å². The number of rotatable bonds is 3. The van der Waals surface area contributed by atoms with Gasteiger partial charge in [-0.05, 0) is 18.4 Å². The summed E-state index contributed by atoms with van der Waals surface area (Å²) in [5.41, 5.74) is 0.00787. The number of hydrogen-bond acceptors (Lipinski definition) is 3. The van der Waals surface area contributed by atoms with Crippen LogP contribution >= 0.6 is 0 Å². The number of aliphatic hydroxyl groups excluding tert-OH is 1. The topological polar surface area (TPSA) is 69.6 Å². The van der Waals surface area contributed by atoms with Gasteiger partial charge in [0.2, 0.25) is 0 Å². The third-order valence-electron chi connectivity index (χ3n) is 4.24. The Kier molecular flexibility index (Phi) is 3.22. The molecule has 1 aromatic rings. The first-order chi connectivity index (χ1) is 9.62. The van der Waals surface area contributed by atoms with Gasteiger partial charge in [0.15, 0.2) is 0 Å². The van der Waals surface area contributed by atoms with Crippen molar-refractivity contribution in [1.29, 1.82) is 0 Å². The minimum Gasteiger partial charge on any atom is -0.387 e. The number of amides is 3. The van der Waals surface area contributed by atoms with Crippen molar-refractivity contribution in [2.75, 3.05) is 6.54 Å². The van der Waals surface area contributed by atoms with Gasteiger partial charge in [0.05, 0.1) is 12.6 Å². The van der Waals surface area contributed by atoms with E-state index >= 15 is 0 Å². The Labute approximate surface area is 117 Å². The number of carbonyl (C=O) groups excluding carboxylic acids is 2. The second kappa shape index (κ2) is 4.90. The van der Waals surface area contributed by atoms with Crippen LogP contribution in [0.5, 0.6) is 0 Å². The molecule has 0 bridgehead atoms. The lowest BCUT2D eigenvalue weighted by atomic mass is 9.98. The van der Waals surface area contributed by atoms with E-state index in [1.807, 2.05) is 18.2 Å². The summed E-state index contributed by atoms with van der Waals surface area (Å²) in [7, 11) is 0. The normalized spacial score (nSPS) is 22.4. The van der Waals surface area contributed by atoms with Crippen molar-refractivity contribution in [1.82, 2.24) is 10.2 Å². The summed E-state index contributed by atoms with van der Waals surface area (Å²) in [6.07, 6.45) is 2.48. The molecule has 5 heteroatoms. The smallest absolute Gasteiger partial charge is 0.325 e. The Hall–Kier alpha value is -1.88. The fourth-order valence-electron chi connectivity index (χ4n) is 3.11. The van der Waals surface area contributed by atoms with Gasteiger partial charge in [-0.25, -0.2) is 4.79 Å². The molecule has 1 aliphatic carbocycles. The van der Waals surface area contributed by atoms with Crippen molar-refractivity contribution in [3.05, 3.63) is 35.9 Å². The standard InChI is InChI=1S/C15H18N2O3/c18-12(11-6-2-1-3-7-11)10-17-13(19)15(16-14(17)20)8-4-5-9-15/h1-3,6-7,12,18H,4-5,8-10H2,(H,16,20). The largest absolute Gasteiger partial charge is 0.387 e. The zero-order valence-electron chi connectivity index (χ0n) is 11.2. The molecule has 1 saturated carbocycles. The zero-order valence-corrected chi connectivity index (χ0v) is 11.2. The van der Waals surface area contributed by atoms with Gasteiger partial charge in [0.25, 0.3) is 5.91 Å². The number of aliphatic hydroxyl groups is 1. The lowest BCUT2D eigenvalue weighted by Crippen LogP contribution is -2.44. The van der Waals surface area contributed by atoms with Crippen LogP contribution < -0.4 is 5.32 Å². The average Bonchev–Trinajstić information content (AvgIpc) is 3.01. The Morgan fingerprint density at radius 3 is 2.50 bits per heavy atom. The minimum absolute atomic E-state index is 0.0103. The zero-order chi connectivity index (χ0) is 14.2. The molecule has 20 heavy (non-hydrogen) atoms. The number of benzene rings is 1. The van der Waals surface area contributed by atoms with Crippen molar-refractivity contribution in [3.8, 4) is 0 Å². The minimum atomic E-state index is -0.845. The first kappa shape index (κ1) is 13.1. The Morgan fingerprint density at radius 2 is 1.85 bits per heavy atom. The number of hydrogen-bond donors (Lipinski definition) is 2. The van der Waals surface area contributed by atoms with Gasteiger partial charge in [0, 0.05) is 0 Å². The molecule has 1 aromatic carbocycles. The predicted molar refractivity (Wildman–Crippen MR) is 72.8 cm³/mol. The second-order valence-electron chi connectivity index (χ2n) is 5.56. The van der Waals surface area contributed by atoms with Crippen LogP contribution in [0.15, 0.2) is 30.3 Å². The molecule has 2 N–H and O–H groups in total. The predicted octanol–water partition coefficient (Wildman–Crippen LogP) is 1.58. The maximum absolute atomic E-state index is 12.4. The molecule has 2 fully saturated rings. The van der Waals surface area contributed by atoms with Gasteiger partial charge in [-0.1, -0.05) is 43.2 Å². The lowest BCUT2D eigenvalue weighted by molar-refractivity contribution is -0.132. The van der Waals surface area contributed by atoms with Gasteiger partial charge < -0.3 is 10.4 Å². The van der Waals surface area contributed by atoms with E-state index in [-0.39, 0.29) is 18.5 Å². The molecule has 1 heterocycles. The maximum atomic E-state index is 12.4. The highest BCUT2D eigenvalue weighted by Crippen LogP contribution is 2.35. The molecule has 0 radical (unpaired) electrons. The van der Waals surface area contributed by atoms with E-state index in [2.05, 4.69) is 5.32 Å². The number of nitrogens with zero attached hydrogens (tertiary/aromatic N) is 1. The number of imide groups is 1. The van der Waals surface area contributed by atoms with E-state index in [9.17, 15) is 14.7 Å². The Morgan fingerprint density at radius 1 is 1.20 bits per heavy atom. The second-order valence-corrected chi connectivity index (χ2v) is 5.56. The van der Waals surface area contributed by atoms with Crippen molar-refractivity contribution < 1.29 is 14.7 Å². The van der Waals surface area contributed by atoms with Gasteiger partial charge in [-0.2, -0.15) is 0 Å². The molecule has 0 aromatic heterocycles. The molecule has 1 spiro atoms. The summed E-state index contributed by atoms with van der Waals surface area (Å²) in [6, 6.07) is 8.69. The Bertz CT molecular complexity index is 523. The molecule has 3 rings (SSSR count). The highest BCUT2D eigenvalue weighted by Gasteiger charge is 2.52. The third kappa shape index (κ3) is 2.08. The first-order valence-electron chi connectivity index (χ1n) is 6.99. The molecule has 2 aliphatic rings. The van der Waals surface area contributed by atoms with Crippen LogP contribution in [0.1, 0.15) is 37.4 Å². The van der Waals surface area contributed by atoms with Crippen LogP contribution in [-0.2, 0) is 4.79 Å². The number of nitrogens with one attached hydrogen (secondary N) is 1. The summed E-state index contributed by atoms with van der Waals surface area (Å²) in [4.78, 5) is 25.6. The van der Waals surface area contributed by atoms with Crippen molar-refractivity contribution in [2.45, 2.75) is 37.3 Å². The van der Waals surface area contributed by atoms with E-state index in [0.29, 0.717) is 18.4 Å². The number of carbonyl (C=O) groups is 2. The van der Waals surface area contributed by atoms with Gasteiger partial charge in [-0.3, -0.25) is 9.69 Å². The summed E-state index contributed by atoms with van der Waals surface area (Å²) < 4.78 is 0. The van der Waals surface area contributed by atoms with Gasteiger partial charge >= 0.3 is 6.03 Å². The Balaban J connectivity index is 1.74. The van der Waals surface area contributed by atoms with E-state index in [4.69, 9.17) is 0 Å². The molecule has 1 unspecified atom stereocenters. The van der Waals surface area contributed by atoms with E-state index in [0.717, 1.165) is 17.7 Å². The highest BCUT2D eigenvalue weighted by atomic mass is 16.3. The van der Waals surface area contributed by atoms with Crippen LogP contribution in [0.25, 0.3) is 0 Å².